The van der Waals surface area contributed by atoms with Crippen LogP contribution in [0.2, 0.25) is 0 Å². The molecule has 0 aliphatic carbocycles. The summed E-state index contributed by atoms with van der Waals surface area (Å²) in [6, 6.07) is -0.381. The van der Waals surface area contributed by atoms with Crippen LogP contribution in [-0.4, -0.2) is 0 Å². The number of nitrogens with two attached hydrogens (primary N) is 2. The highest BCUT2D eigenvalue weighted by Crippen LogP contribution is 2.43. The second-order valence-corrected chi connectivity index (χ2v) is 4.42. The number of anilines is 1. The van der Waals surface area contributed by atoms with E-state index >= 15 is 0 Å². The minimum Gasteiger partial charge on any atom is -0.399 e. The van der Waals surface area contributed by atoms with Crippen molar-refractivity contribution in [1.82, 2.24) is 0 Å². The zero-order chi connectivity index (χ0) is 15.7. The number of hydrogen-bond acceptors (Lipinski definition) is 2. The molecule has 20 heavy (non-hydrogen) atoms. The molecular formula is C12H14F6N2. The van der Waals surface area contributed by atoms with Crippen LogP contribution in [0, 0.1) is 0 Å². The Kier molecular flexibility index (Phi) is 4.58. The molecule has 2 nitrogen and oxygen atoms in total. The van der Waals surface area contributed by atoms with Crippen LogP contribution in [0.4, 0.5) is 32.0 Å². The van der Waals surface area contributed by atoms with Crippen LogP contribution in [0.15, 0.2) is 12.1 Å². The normalized spacial score (nSPS) is 14.4. The second-order valence-electron chi connectivity index (χ2n) is 4.42. The number of benzene rings is 1. The molecule has 0 fully saturated rings. The summed E-state index contributed by atoms with van der Waals surface area (Å²) < 4.78 is 77.5. The Bertz CT molecular complexity index is 443. The van der Waals surface area contributed by atoms with Gasteiger partial charge in [0.15, 0.2) is 0 Å². The monoisotopic (exact) mass is 300 g/mol. The molecular weight excluding hydrogens is 286 g/mol. The first-order valence-electron chi connectivity index (χ1n) is 5.81. The molecule has 0 unspecified atom stereocenters. The van der Waals surface area contributed by atoms with Gasteiger partial charge in [0, 0.05) is 11.7 Å². The van der Waals surface area contributed by atoms with Gasteiger partial charge in [-0.3, -0.25) is 0 Å². The van der Waals surface area contributed by atoms with Crippen molar-refractivity contribution < 1.29 is 26.3 Å². The molecule has 0 aliphatic rings. The Morgan fingerprint density at radius 3 is 1.70 bits per heavy atom. The van der Waals surface area contributed by atoms with Gasteiger partial charge < -0.3 is 11.5 Å². The maximum atomic E-state index is 12.9. The summed E-state index contributed by atoms with van der Waals surface area (Å²) in [5.41, 5.74) is 6.27. The van der Waals surface area contributed by atoms with Gasteiger partial charge in [-0.05, 0) is 24.1 Å². The van der Waals surface area contributed by atoms with Gasteiger partial charge in [-0.15, -0.1) is 0 Å². The highest BCUT2D eigenvalue weighted by Gasteiger charge is 2.42. The molecule has 0 radical (unpaired) electrons. The molecule has 114 valence electrons. The number of hydrogen-bond donors (Lipinski definition) is 2. The number of rotatable bonds is 3. The molecule has 1 atom stereocenters. The van der Waals surface area contributed by atoms with Gasteiger partial charge in [0.25, 0.3) is 0 Å². The molecule has 0 saturated heterocycles. The molecule has 8 heteroatoms. The standard InChI is InChI=1S/C12H14F6N2/c1-2-3-9(20)10-7(11(13,14)15)4-6(19)5-8(10)12(16,17)18/h4-5,9H,2-3,19-20H2,1H3/t9-/m1/s1. The minimum atomic E-state index is -4.95. The van der Waals surface area contributed by atoms with E-state index in [0.29, 0.717) is 18.6 Å². The van der Waals surface area contributed by atoms with E-state index in [-0.39, 0.29) is 6.42 Å². The topological polar surface area (TPSA) is 52.0 Å². The first kappa shape index (κ1) is 16.6. The Morgan fingerprint density at radius 2 is 1.40 bits per heavy atom. The maximum Gasteiger partial charge on any atom is 0.416 e. The summed E-state index contributed by atoms with van der Waals surface area (Å²) in [5.74, 6) is 0. The zero-order valence-corrected chi connectivity index (χ0v) is 10.6. The lowest BCUT2D eigenvalue weighted by molar-refractivity contribution is -0.144. The van der Waals surface area contributed by atoms with E-state index in [9.17, 15) is 26.3 Å². The molecule has 0 aromatic heterocycles. The first-order valence-corrected chi connectivity index (χ1v) is 5.81. The molecule has 4 N–H and O–H groups in total. The minimum absolute atomic E-state index is 0.01000. The molecule has 0 saturated carbocycles. The van der Waals surface area contributed by atoms with Gasteiger partial charge >= 0.3 is 12.4 Å². The van der Waals surface area contributed by atoms with Crippen LogP contribution in [0.3, 0.4) is 0 Å². The fraction of sp³-hybridized carbons (Fsp3) is 0.500. The third-order valence-electron chi connectivity index (χ3n) is 2.78. The smallest absolute Gasteiger partial charge is 0.399 e. The predicted molar refractivity (Wildman–Crippen MR) is 62.7 cm³/mol. The highest BCUT2D eigenvalue weighted by atomic mass is 19.4. The lowest BCUT2D eigenvalue weighted by Crippen LogP contribution is -2.23. The van der Waals surface area contributed by atoms with Gasteiger partial charge in [0.2, 0.25) is 0 Å². The van der Waals surface area contributed by atoms with Crippen molar-refractivity contribution in [1.29, 1.82) is 0 Å². The summed E-state index contributed by atoms with van der Waals surface area (Å²) in [6.45, 7) is 1.62. The average molecular weight is 300 g/mol. The lowest BCUT2D eigenvalue weighted by atomic mass is 9.91. The van der Waals surface area contributed by atoms with Crippen LogP contribution < -0.4 is 11.5 Å². The maximum absolute atomic E-state index is 12.9. The molecule has 1 rings (SSSR count). The van der Waals surface area contributed by atoms with Crippen molar-refractivity contribution in [2.45, 2.75) is 38.2 Å². The van der Waals surface area contributed by atoms with Gasteiger partial charge in [0.1, 0.15) is 0 Å². The van der Waals surface area contributed by atoms with E-state index < -0.39 is 40.8 Å². The number of halogens is 6. The molecule has 0 aliphatic heterocycles. The number of alkyl halides is 6. The van der Waals surface area contributed by atoms with Crippen molar-refractivity contribution in [3.63, 3.8) is 0 Å². The Hall–Kier alpha value is -1.44. The van der Waals surface area contributed by atoms with Crippen molar-refractivity contribution >= 4 is 5.69 Å². The Labute approximate surface area is 111 Å². The lowest BCUT2D eigenvalue weighted by Gasteiger charge is -2.23. The summed E-state index contributed by atoms with van der Waals surface area (Å²) in [5, 5.41) is 0. The third kappa shape index (κ3) is 3.56. The quantitative estimate of drug-likeness (QED) is 0.652. The largest absolute Gasteiger partial charge is 0.416 e. The number of nitrogen functional groups attached to an aromatic ring is 1. The average Bonchev–Trinajstić information content (AvgIpc) is 2.25. The predicted octanol–water partition coefficient (Wildman–Crippen LogP) is 4.11. The van der Waals surface area contributed by atoms with E-state index in [1.165, 1.54) is 0 Å². The van der Waals surface area contributed by atoms with E-state index in [4.69, 9.17) is 11.5 Å². The first-order chi connectivity index (χ1) is 8.98. The molecule has 0 bridgehead atoms. The summed E-state index contributed by atoms with van der Waals surface area (Å²) in [4.78, 5) is 0. The molecule has 0 amide bonds. The summed E-state index contributed by atoms with van der Waals surface area (Å²) >= 11 is 0. The Morgan fingerprint density at radius 1 is 1.00 bits per heavy atom. The third-order valence-corrected chi connectivity index (χ3v) is 2.78. The summed E-state index contributed by atoms with van der Waals surface area (Å²) in [6.07, 6.45) is -9.53. The Balaban J connectivity index is 3.63. The fourth-order valence-corrected chi connectivity index (χ4v) is 2.00. The van der Waals surface area contributed by atoms with Crippen molar-refractivity contribution in [2.24, 2.45) is 5.73 Å². The molecule has 0 spiro atoms. The van der Waals surface area contributed by atoms with Crippen LogP contribution in [-0.2, 0) is 12.4 Å². The van der Waals surface area contributed by atoms with E-state index in [2.05, 4.69) is 0 Å². The van der Waals surface area contributed by atoms with Crippen LogP contribution in [0.25, 0.3) is 0 Å². The van der Waals surface area contributed by atoms with Gasteiger partial charge in [0.05, 0.1) is 11.1 Å². The molecule has 1 aromatic rings. The van der Waals surface area contributed by atoms with E-state index in [0.717, 1.165) is 0 Å². The second kappa shape index (κ2) is 5.51. The molecule has 0 heterocycles. The van der Waals surface area contributed by atoms with Gasteiger partial charge in [-0.2, -0.15) is 26.3 Å². The van der Waals surface area contributed by atoms with Crippen molar-refractivity contribution in [2.75, 3.05) is 5.73 Å². The van der Waals surface area contributed by atoms with Crippen LogP contribution in [0.5, 0.6) is 0 Å². The fourth-order valence-electron chi connectivity index (χ4n) is 2.00. The highest BCUT2D eigenvalue weighted by molar-refractivity contribution is 5.53. The summed E-state index contributed by atoms with van der Waals surface area (Å²) in [7, 11) is 0. The van der Waals surface area contributed by atoms with Crippen LogP contribution >= 0.6 is 0 Å². The SMILES string of the molecule is CCC[C@@H](N)c1c(C(F)(F)F)cc(N)cc1C(F)(F)F. The van der Waals surface area contributed by atoms with E-state index in [1.54, 1.807) is 6.92 Å². The van der Waals surface area contributed by atoms with Crippen molar-refractivity contribution in [3.05, 3.63) is 28.8 Å². The van der Waals surface area contributed by atoms with Crippen molar-refractivity contribution in [3.8, 4) is 0 Å². The van der Waals surface area contributed by atoms with Gasteiger partial charge in [-0.25, -0.2) is 0 Å². The van der Waals surface area contributed by atoms with Gasteiger partial charge in [-0.1, -0.05) is 13.3 Å². The van der Waals surface area contributed by atoms with E-state index in [1.807, 2.05) is 0 Å². The molecule has 1 aromatic carbocycles. The zero-order valence-electron chi connectivity index (χ0n) is 10.6. The van der Waals surface area contributed by atoms with Crippen LogP contribution in [0.1, 0.15) is 42.5 Å².